The Morgan fingerprint density at radius 3 is 2.47 bits per heavy atom. The van der Waals surface area contributed by atoms with Crippen molar-refractivity contribution < 1.29 is 19.8 Å². The third-order valence-electron chi connectivity index (χ3n) is 7.52. The second-order valence-electron chi connectivity index (χ2n) is 9.27. The molecule has 1 spiro atoms. The Balaban J connectivity index is 1.79. The summed E-state index contributed by atoms with van der Waals surface area (Å²) in [5.41, 5.74) is 0.976. The maximum atomic E-state index is 14.5. The van der Waals surface area contributed by atoms with Gasteiger partial charge in [-0.2, -0.15) is 0 Å². The number of fused-ring (bicyclic) bond motifs is 2. The van der Waals surface area contributed by atoms with Crippen molar-refractivity contribution in [3.05, 3.63) is 89.0 Å². The number of phenols is 2. The van der Waals surface area contributed by atoms with Crippen LogP contribution in [0.2, 0.25) is 0 Å². The third kappa shape index (κ3) is 2.85. The zero-order valence-corrected chi connectivity index (χ0v) is 19.3. The van der Waals surface area contributed by atoms with Crippen molar-refractivity contribution >= 4 is 17.4 Å². The molecule has 1 fully saturated rings. The summed E-state index contributed by atoms with van der Waals surface area (Å²) >= 11 is 0. The summed E-state index contributed by atoms with van der Waals surface area (Å²) in [5, 5.41) is 23.4. The second-order valence-corrected chi connectivity index (χ2v) is 9.27. The predicted octanol–water partition coefficient (Wildman–Crippen LogP) is 4.35. The minimum Gasteiger partial charge on any atom is -0.504 e. The van der Waals surface area contributed by atoms with Gasteiger partial charge >= 0.3 is 0 Å². The van der Waals surface area contributed by atoms with E-state index in [9.17, 15) is 19.8 Å². The average Bonchev–Trinajstić information content (AvgIpc) is 3.32. The highest BCUT2D eigenvalue weighted by atomic mass is 16.3. The minimum absolute atomic E-state index is 0.183. The van der Waals surface area contributed by atoms with Crippen molar-refractivity contribution in [1.29, 1.82) is 0 Å². The van der Waals surface area contributed by atoms with Gasteiger partial charge < -0.3 is 15.5 Å². The maximum Gasteiger partial charge on any atom is 0.251 e. The van der Waals surface area contributed by atoms with Crippen molar-refractivity contribution in [2.24, 2.45) is 0 Å². The maximum absolute atomic E-state index is 14.5. The van der Waals surface area contributed by atoms with E-state index in [-0.39, 0.29) is 23.2 Å². The quantitative estimate of drug-likeness (QED) is 0.392. The van der Waals surface area contributed by atoms with Crippen molar-refractivity contribution in [2.75, 3.05) is 18.9 Å². The second kappa shape index (κ2) is 7.99. The molecule has 174 valence electrons. The van der Waals surface area contributed by atoms with E-state index in [2.05, 4.69) is 12.2 Å². The smallest absolute Gasteiger partial charge is 0.251 e. The summed E-state index contributed by atoms with van der Waals surface area (Å²) in [6, 6.07) is 19.5. The molecule has 2 aliphatic heterocycles. The number of para-hydroxylation sites is 1. The van der Waals surface area contributed by atoms with Crippen LogP contribution in [0.4, 0.5) is 5.69 Å². The lowest BCUT2D eigenvalue weighted by Gasteiger charge is -2.44. The Bertz CT molecular complexity index is 1290. The van der Waals surface area contributed by atoms with Gasteiger partial charge in [-0.05, 0) is 49.2 Å². The summed E-state index contributed by atoms with van der Waals surface area (Å²) in [7, 11) is 1.86. The molecule has 0 aromatic heterocycles. The summed E-state index contributed by atoms with van der Waals surface area (Å²) < 4.78 is 0. The number of nitrogens with one attached hydrogen (secondary N) is 1. The normalized spacial score (nSPS) is 23.8. The standard InChI is InChI=1S/C28H28N2O4/c1-3-6-18-9-11-19(12-10-18)25(33)27(20-13-14-23(31)24(32)17-20)15-16-30(2)28(27)21-7-4-5-8-22(21)29-26(28)34/h4-5,7-14,17,31-32H,3,6,15-16H2,1-2H3,(H,29,34). The zero-order chi connectivity index (χ0) is 24.1. The fraction of sp³-hybridized carbons (Fsp3) is 0.286. The molecule has 34 heavy (non-hydrogen) atoms. The lowest BCUT2D eigenvalue weighted by molar-refractivity contribution is -0.127. The number of carbonyl (C=O) groups is 2. The Hall–Kier alpha value is -3.64. The lowest BCUT2D eigenvalue weighted by atomic mass is 9.59. The number of likely N-dealkylation sites (tertiary alicyclic amines) is 1. The van der Waals surface area contributed by atoms with Crippen LogP contribution in [0.25, 0.3) is 0 Å². The molecular formula is C28H28N2O4. The van der Waals surface area contributed by atoms with Gasteiger partial charge in [-0.1, -0.05) is 61.9 Å². The van der Waals surface area contributed by atoms with Crippen LogP contribution in [-0.4, -0.2) is 40.4 Å². The van der Waals surface area contributed by atoms with Gasteiger partial charge in [-0.3, -0.25) is 14.5 Å². The summed E-state index contributed by atoms with van der Waals surface area (Å²) in [6.07, 6.45) is 2.31. The number of Topliss-reactive ketones (excluding diaryl/α,β-unsaturated/α-hetero) is 1. The number of hydrogen-bond donors (Lipinski definition) is 3. The SMILES string of the molecule is CCCc1ccc(C(=O)C2(c3ccc(O)c(O)c3)CCN(C)C23C(=O)Nc2ccccc23)cc1. The molecule has 0 aliphatic carbocycles. The Morgan fingerprint density at radius 1 is 1.03 bits per heavy atom. The molecule has 3 N–H and O–H groups in total. The highest BCUT2D eigenvalue weighted by molar-refractivity contribution is 6.16. The summed E-state index contributed by atoms with van der Waals surface area (Å²) in [6.45, 7) is 2.61. The molecule has 2 aliphatic rings. The molecular weight excluding hydrogens is 428 g/mol. The number of aryl methyl sites for hydroxylation is 1. The highest BCUT2D eigenvalue weighted by Crippen LogP contribution is 2.59. The summed E-state index contributed by atoms with van der Waals surface area (Å²) in [5.74, 6) is -1.04. The number of rotatable bonds is 5. The third-order valence-corrected chi connectivity index (χ3v) is 7.52. The fourth-order valence-corrected chi connectivity index (χ4v) is 5.96. The van der Waals surface area contributed by atoms with Crippen LogP contribution in [-0.2, 0) is 22.2 Å². The number of nitrogens with zero attached hydrogens (tertiary/aromatic N) is 1. The van der Waals surface area contributed by atoms with Crippen LogP contribution in [0, 0.1) is 0 Å². The fourth-order valence-electron chi connectivity index (χ4n) is 5.96. The highest BCUT2D eigenvalue weighted by Gasteiger charge is 2.70. The molecule has 5 rings (SSSR count). The van der Waals surface area contributed by atoms with Gasteiger partial charge in [0.25, 0.3) is 5.91 Å². The summed E-state index contributed by atoms with van der Waals surface area (Å²) in [4.78, 5) is 30.4. The van der Waals surface area contributed by atoms with Gasteiger partial charge in [0.15, 0.2) is 17.3 Å². The average molecular weight is 457 g/mol. The minimum atomic E-state index is -1.31. The first-order valence-corrected chi connectivity index (χ1v) is 11.6. The van der Waals surface area contributed by atoms with Crippen molar-refractivity contribution in [3.8, 4) is 11.5 Å². The molecule has 3 aromatic carbocycles. The predicted molar refractivity (Wildman–Crippen MR) is 130 cm³/mol. The van der Waals surface area contributed by atoms with Crippen molar-refractivity contribution in [1.82, 2.24) is 4.90 Å². The van der Waals surface area contributed by atoms with Crippen LogP contribution < -0.4 is 5.32 Å². The molecule has 2 unspecified atom stereocenters. The number of carbonyl (C=O) groups excluding carboxylic acids is 2. The number of phenolic OH excluding ortho intramolecular Hbond substituents is 2. The van der Waals surface area contributed by atoms with E-state index < -0.39 is 11.0 Å². The van der Waals surface area contributed by atoms with E-state index in [0.29, 0.717) is 29.8 Å². The molecule has 2 heterocycles. The zero-order valence-electron chi connectivity index (χ0n) is 19.3. The molecule has 1 saturated heterocycles. The van der Waals surface area contributed by atoms with Crippen molar-refractivity contribution in [3.63, 3.8) is 0 Å². The van der Waals surface area contributed by atoms with Gasteiger partial charge in [-0.25, -0.2) is 0 Å². The Labute approximate surface area is 198 Å². The van der Waals surface area contributed by atoms with Gasteiger partial charge in [-0.15, -0.1) is 0 Å². The molecule has 0 radical (unpaired) electrons. The van der Waals surface area contributed by atoms with Crippen LogP contribution >= 0.6 is 0 Å². The number of amides is 1. The van der Waals surface area contributed by atoms with Crippen LogP contribution in [0.1, 0.15) is 46.8 Å². The number of aromatic hydroxyl groups is 2. The first kappa shape index (κ1) is 22.2. The molecule has 0 bridgehead atoms. The number of benzene rings is 3. The first-order valence-electron chi connectivity index (χ1n) is 11.6. The number of ketones is 1. The molecule has 3 aromatic rings. The Kier molecular flexibility index (Phi) is 5.21. The molecule has 2 atom stereocenters. The monoisotopic (exact) mass is 456 g/mol. The van der Waals surface area contributed by atoms with Crippen molar-refractivity contribution in [2.45, 2.75) is 37.1 Å². The van der Waals surface area contributed by atoms with E-state index >= 15 is 0 Å². The van der Waals surface area contributed by atoms with Gasteiger partial charge in [0.1, 0.15) is 5.54 Å². The number of hydrogen-bond acceptors (Lipinski definition) is 5. The van der Waals surface area contributed by atoms with Crippen LogP contribution in [0.3, 0.4) is 0 Å². The van der Waals surface area contributed by atoms with E-state index in [1.807, 2.05) is 60.5 Å². The molecule has 1 amide bonds. The lowest BCUT2D eigenvalue weighted by Crippen LogP contribution is -2.60. The van der Waals surface area contributed by atoms with Gasteiger partial charge in [0.2, 0.25) is 0 Å². The van der Waals surface area contributed by atoms with Crippen LogP contribution in [0.15, 0.2) is 66.7 Å². The van der Waals surface area contributed by atoms with Gasteiger partial charge in [0.05, 0.1) is 5.41 Å². The molecule has 6 heteroatoms. The van der Waals surface area contributed by atoms with Crippen LogP contribution in [0.5, 0.6) is 11.5 Å². The van der Waals surface area contributed by atoms with E-state index in [0.717, 1.165) is 24.0 Å². The largest absolute Gasteiger partial charge is 0.504 e. The van der Waals surface area contributed by atoms with E-state index in [1.165, 1.54) is 12.1 Å². The number of likely N-dealkylation sites (N-methyl/N-ethyl adjacent to an activating group) is 1. The molecule has 6 nitrogen and oxygen atoms in total. The Morgan fingerprint density at radius 2 is 1.76 bits per heavy atom. The van der Waals surface area contributed by atoms with E-state index in [4.69, 9.17) is 0 Å². The topological polar surface area (TPSA) is 89.9 Å². The first-order chi connectivity index (χ1) is 16.4. The van der Waals surface area contributed by atoms with Gasteiger partial charge in [0, 0.05) is 23.4 Å². The molecule has 0 saturated carbocycles. The number of anilines is 1. The van der Waals surface area contributed by atoms with E-state index in [1.54, 1.807) is 6.07 Å².